The first kappa shape index (κ1) is 43.4. The molecule has 0 saturated heterocycles. The van der Waals surface area contributed by atoms with E-state index in [2.05, 4.69) is 235 Å². The maximum absolute atomic E-state index is 4.82. The Balaban J connectivity index is 1.26. The fourth-order valence-electron chi connectivity index (χ4n) is 9.28. The second kappa shape index (κ2) is 19.8. The molecule has 0 radical (unpaired) electrons. The van der Waals surface area contributed by atoms with Crippen molar-refractivity contribution in [3.63, 3.8) is 0 Å². The lowest BCUT2D eigenvalue weighted by molar-refractivity contribution is 0.990. The standard InChI is InChI=1S/C64H58/c1-8-21-48(10-3)51(39-45(6)49-23-13-12-14-24-49)38-34-47-32-36-50(37-33-47)63(40-46(7)62-41-52(22-9-2)55(11-4)57-27-17-19-29-59(57)62)61-42-54(35-31-44(61)5)64-43-53-25-15-16-26-56(53)58-28-18-20-30-60(58)64/h8-14,16-24,26-33,35-43H,4,7,15,25,34H2,1-3,5-6H3/b21-8-,22-9-,45-39+,48-10+,51-38+,63-40-. The van der Waals surface area contributed by atoms with Crippen LogP contribution in [0.25, 0.3) is 67.6 Å². The van der Waals surface area contributed by atoms with E-state index in [-0.39, 0.29) is 0 Å². The molecule has 0 spiro atoms. The zero-order valence-corrected chi connectivity index (χ0v) is 38.1. The predicted molar refractivity (Wildman–Crippen MR) is 283 cm³/mol. The summed E-state index contributed by atoms with van der Waals surface area (Å²) in [4.78, 5) is 0. The number of fused-ring (bicyclic) bond motifs is 4. The fourth-order valence-corrected chi connectivity index (χ4v) is 9.28. The minimum atomic E-state index is 0.805. The Morgan fingerprint density at radius 2 is 1.39 bits per heavy atom. The van der Waals surface area contributed by atoms with Gasteiger partial charge in [0.05, 0.1) is 0 Å². The number of hydrogen-bond acceptors (Lipinski definition) is 0. The van der Waals surface area contributed by atoms with Crippen molar-refractivity contribution in [2.75, 3.05) is 0 Å². The van der Waals surface area contributed by atoms with Crippen LogP contribution in [0.4, 0.5) is 0 Å². The second-order valence-corrected chi connectivity index (χ2v) is 16.8. The largest absolute Gasteiger partial charge is 0.0984 e. The molecule has 0 fully saturated rings. The maximum Gasteiger partial charge on any atom is -0.00882 e. The SMILES string of the molecule is C=Cc1c(/C=C\C)cc(C(=C)/C=C(/c2ccc(C/C=C(\C=C(/C)c3ccccc3)C(/C=C\C)=C/C)cc2)c2cc(-c3cc4c(c5ccccc35)C=CCC4)ccc2C)c2ccccc12. The second-order valence-electron chi connectivity index (χ2n) is 16.8. The van der Waals surface area contributed by atoms with E-state index in [0.29, 0.717) is 0 Å². The van der Waals surface area contributed by atoms with Crippen LogP contribution in [-0.2, 0) is 12.8 Å². The van der Waals surface area contributed by atoms with Crippen molar-refractivity contribution in [2.24, 2.45) is 0 Å². The van der Waals surface area contributed by atoms with Gasteiger partial charge in [-0.1, -0.05) is 189 Å². The molecule has 8 rings (SSSR count). The van der Waals surface area contributed by atoms with E-state index in [9.17, 15) is 0 Å². The molecule has 314 valence electrons. The number of benzene rings is 7. The Bertz CT molecular complexity index is 3110. The zero-order chi connectivity index (χ0) is 44.6. The Labute approximate surface area is 381 Å². The van der Waals surface area contributed by atoms with Crippen molar-refractivity contribution in [1.82, 2.24) is 0 Å². The Kier molecular flexibility index (Phi) is 13.4. The van der Waals surface area contributed by atoms with Gasteiger partial charge in [0.2, 0.25) is 0 Å². The van der Waals surface area contributed by atoms with Crippen molar-refractivity contribution in [1.29, 1.82) is 0 Å². The summed E-state index contributed by atoms with van der Waals surface area (Å²) in [6, 6.07) is 49.1. The van der Waals surface area contributed by atoms with Crippen molar-refractivity contribution >= 4 is 56.5 Å². The van der Waals surface area contributed by atoms with Crippen molar-refractivity contribution in [3.8, 4) is 11.1 Å². The average Bonchev–Trinajstić information content (AvgIpc) is 3.34. The summed E-state index contributed by atoms with van der Waals surface area (Å²) in [5.41, 5.74) is 20.5. The van der Waals surface area contributed by atoms with E-state index in [1.165, 1.54) is 82.8 Å². The molecule has 0 bridgehead atoms. The number of allylic oxidation sites excluding steroid dienone is 12. The molecule has 0 nitrogen and oxygen atoms in total. The highest BCUT2D eigenvalue weighted by Gasteiger charge is 2.18. The van der Waals surface area contributed by atoms with Gasteiger partial charge in [0.1, 0.15) is 0 Å². The maximum atomic E-state index is 4.82. The lowest BCUT2D eigenvalue weighted by Crippen LogP contribution is -1.99. The molecule has 0 heteroatoms. The Hall–Kier alpha value is -7.28. The summed E-state index contributed by atoms with van der Waals surface area (Å²) in [7, 11) is 0. The summed E-state index contributed by atoms with van der Waals surface area (Å²) in [6.45, 7) is 19.7. The van der Waals surface area contributed by atoms with Gasteiger partial charge in [-0.2, -0.15) is 0 Å². The van der Waals surface area contributed by atoms with Crippen LogP contribution >= 0.6 is 0 Å². The van der Waals surface area contributed by atoms with E-state index < -0.39 is 0 Å². The van der Waals surface area contributed by atoms with Gasteiger partial charge in [-0.3, -0.25) is 0 Å². The first-order valence-electron chi connectivity index (χ1n) is 22.7. The van der Waals surface area contributed by atoms with Crippen LogP contribution in [0.15, 0.2) is 206 Å². The molecule has 7 aromatic carbocycles. The van der Waals surface area contributed by atoms with Crippen LogP contribution in [0.1, 0.15) is 89.8 Å². The highest BCUT2D eigenvalue weighted by atomic mass is 14.2. The van der Waals surface area contributed by atoms with Gasteiger partial charge in [-0.15, -0.1) is 0 Å². The molecular weight excluding hydrogens is 769 g/mol. The third-order valence-corrected chi connectivity index (χ3v) is 12.6. The lowest BCUT2D eigenvalue weighted by Gasteiger charge is -2.19. The molecule has 1 aliphatic carbocycles. The van der Waals surface area contributed by atoms with Crippen LogP contribution in [0, 0.1) is 6.92 Å². The number of aryl methyl sites for hydroxylation is 2. The third-order valence-electron chi connectivity index (χ3n) is 12.6. The molecule has 64 heavy (non-hydrogen) atoms. The fraction of sp³-hybridized carbons (Fsp3) is 0.125. The predicted octanol–water partition coefficient (Wildman–Crippen LogP) is 17.8. The molecule has 0 unspecified atom stereocenters. The Morgan fingerprint density at radius 1 is 0.672 bits per heavy atom. The molecule has 7 aromatic rings. The molecule has 0 aliphatic heterocycles. The molecule has 0 heterocycles. The summed E-state index contributed by atoms with van der Waals surface area (Å²) in [6.07, 6.45) is 27.3. The van der Waals surface area contributed by atoms with Gasteiger partial charge in [0.25, 0.3) is 0 Å². The quantitative estimate of drug-likeness (QED) is 0.102. The summed E-state index contributed by atoms with van der Waals surface area (Å²) >= 11 is 0. The topological polar surface area (TPSA) is 0 Å². The van der Waals surface area contributed by atoms with E-state index in [4.69, 9.17) is 6.58 Å². The monoisotopic (exact) mass is 826 g/mol. The molecule has 1 aliphatic rings. The smallest absolute Gasteiger partial charge is 0.00882 e. The van der Waals surface area contributed by atoms with Crippen LogP contribution < -0.4 is 0 Å². The van der Waals surface area contributed by atoms with Crippen molar-refractivity contribution in [2.45, 2.75) is 53.9 Å². The number of hydrogen-bond donors (Lipinski definition) is 0. The van der Waals surface area contributed by atoms with Gasteiger partial charge in [0.15, 0.2) is 0 Å². The van der Waals surface area contributed by atoms with Crippen LogP contribution in [-0.4, -0.2) is 0 Å². The van der Waals surface area contributed by atoms with E-state index in [1.54, 1.807) is 0 Å². The first-order chi connectivity index (χ1) is 31.3. The van der Waals surface area contributed by atoms with E-state index in [1.807, 2.05) is 6.08 Å². The molecular formula is C64H58. The molecule has 0 amide bonds. The van der Waals surface area contributed by atoms with Gasteiger partial charge >= 0.3 is 0 Å². The molecule has 0 atom stereocenters. The number of rotatable bonds is 13. The average molecular weight is 827 g/mol. The van der Waals surface area contributed by atoms with Crippen LogP contribution in [0.2, 0.25) is 0 Å². The van der Waals surface area contributed by atoms with Crippen molar-refractivity contribution in [3.05, 3.63) is 262 Å². The van der Waals surface area contributed by atoms with Gasteiger partial charge in [-0.05, 0) is 194 Å². The normalized spacial score (nSPS) is 13.6. The first-order valence-corrected chi connectivity index (χ1v) is 22.7. The molecule has 0 aromatic heterocycles. The van der Waals surface area contributed by atoms with Crippen LogP contribution in [0.3, 0.4) is 0 Å². The van der Waals surface area contributed by atoms with E-state index >= 15 is 0 Å². The highest BCUT2D eigenvalue weighted by Crippen LogP contribution is 2.40. The summed E-state index contributed by atoms with van der Waals surface area (Å²) in [5.74, 6) is 0. The Morgan fingerprint density at radius 3 is 2.11 bits per heavy atom. The minimum Gasteiger partial charge on any atom is -0.0984 e. The molecule has 0 N–H and O–H groups in total. The zero-order valence-electron chi connectivity index (χ0n) is 38.1. The van der Waals surface area contributed by atoms with Gasteiger partial charge in [-0.25, -0.2) is 0 Å². The van der Waals surface area contributed by atoms with Crippen LogP contribution in [0.5, 0.6) is 0 Å². The molecule has 0 saturated carbocycles. The minimum absolute atomic E-state index is 0.805. The third kappa shape index (κ3) is 9.10. The van der Waals surface area contributed by atoms with E-state index in [0.717, 1.165) is 52.7 Å². The summed E-state index contributed by atoms with van der Waals surface area (Å²) < 4.78 is 0. The van der Waals surface area contributed by atoms with Gasteiger partial charge in [0, 0.05) is 0 Å². The highest BCUT2D eigenvalue weighted by molar-refractivity contribution is 6.05. The summed E-state index contributed by atoms with van der Waals surface area (Å²) in [5, 5.41) is 4.94. The lowest BCUT2D eigenvalue weighted by atomic mass is 9.84. The van der Waals surface area contributed by atoms with Crippen molar-refractivity contribution < 1.29 is 0 Å². The van der Waals surface area contributed by atoms with Gasteiger partial charge < -0.3 is 0 Å².